The summed E-state index contributed by atoms with van der Waals surface area (Å²) in [6, 6.07) is 8.08. The molecule has 0 spiro atoms. The van der Waals surface area contributed by atoms with Crippen molar-refractivity contribution in [3.05, 3.63) is 45.4 Å². The van der Waals surface area contributed by atoms with Gasteiger partial charge in [0.1, 0.15) is 6.07 Å². The van der Waals surface area contributed by atoms with Crippen molar-refractivity contribution in [2.75, 3.05) is 11.9 Å². The molecule has 0 unspecified atom stereocenters. The van der Waals surface area contributed by atoms with Gasteiger partial charge in [0.05, 0.1) is 22.0 Å². The van der Waals surface area contributed by atoms with Gasteiger partial charge in [0.25, 0.3) is 0 Å². The molecule has 0 aliphatic carbocycles. The molecule has 0 fully saturated rings. The number of nitrogens with zero attached hydrogens (tertiary/aromatic N) is 2. The number of nitriles is 1. The maximum Gasteiger partial charge on any atom is 0.101 e. The van der Waals surface area contributed by atoms with Crippen LogP contribution in [0, 0.1) is 25.2 Å². The molecule has 0 aliphatic rings. The number of rotatable bonds is 4. The third-order valence-corrected chi connectivity index (χ3v) is 3.48. The molecule has 1 N–H and O–H groups in total. The molecule has 1 aromatic carbocycles. The van der Waals surface area contributed by atoms with Crippen LogP contribution in [0.25, 0.3) is 0 Å². The van der Waals surface area contributed by atoms with Crippen molar-refractivity contribution in [3.8, 4) is 6.07 Å². The molecule has 1 aromatic heterocycles. The predicted octanol–water partition coefficient (Wildman–Crippen LogP) is 3.29. The van der Waals surface area contributed by atoms with Crippen LogP contribution in [0.5, 0.6) is 0 Å². The van der Waals surface area contributed by atoms with Gasteiger partial charge < -0.3 is 5.32 Å². The minimum absolute atomic E-state index is 0.699. The summed E-state index contributed by atoms with van der Waals surface area (Å²) in [4.78, 5) is 4.41. The Morgan fingerprint density at radius 1 is 1.39 bits per heavy atom. The summed E-state index contributed by atoms with van der Waals surface area (Å²) in [5, 5.41) is 15.5. The summed E-state index contributed by atoms with van der Waals surface area (Å²) in [5.41, 5.74) is 3.81. The van der Waals surface area contributed by atoms with Crippen molar-refractivity contribution in [2.24, 2.45) is 0 Å². The molecule has 3 nitrogen and oxygen atoms in total. The van der Waals surface area contributed by atoms with Gasteiger partial charge in [0, 0.05) is 18.3 Å². The molecule has 0 radical (unpaired) electrons. The number of aryl methyl sites for hydroxylation is 2. The van der Waals surface area contributed by atoms with Gasteiger partial charge in [-0.05, 0) is 31.5 Å². The zero-order chi connectivity index (χ0) is 13.0. The Morgan fingerprint density at radius 3 is 2.89 bits per heavy atom. The number of thiazole rings is 1. The number of nitrogens with one attached hydrogen (secondary N) is 1. The van der Waals surface area contributed by atoms with Crippen LogP contribution in [-0.2, 0) is 6.42 Å². The fourth-order valence-corrected chi connectivity index (χ4v) is 2.40. The zero-order valence-electron chi connectivity index (χ0n) is 10.5. The van der Waals surface area contributed by atoms with Gasteiger partial charge in [-0.1, -0.05) is 6.07 Å². The van der Waals surface area contributed by atoms with Gasteiger partial charge in [0.2, 0.25) is 0 Å². The van der Waals surface area contributed by atoms with Gasteiger partial charge in [-0.3, -0.25) is 0 Å². The first-order chi connectivity index (χ1) is 8.69. The molecule has 2 aromatic rings. The average Bonchev–Trinajstić information content (AvgIpc) is 2.77. The number of hydrogen-bond acceptors (Lipinski definition) is 4. The van der Waals surface area contributed by atoms with Crippen LogP contribution in [0.2, 0.25) is 0 Å². The number of aromatic nitrogens is 1. The lowest BCUT2D eigenvalue weighted by atomic mass is 10.1. The maximum absolute atomic E-state index is 9.06. The van der Waals surface area contributed by atoms with Gasteiger partial charge in [-0.15, -0.1) is 11.3 Å². The van der Waals surface area contributed by atoms with E-state index in [0.717, 1.165) is 34.9 Å². The largest absolute Gasteiger partial charge is 0.384 e. The van der Waals surface area contributed by atoms with Gasteiger partial charge in [0.15, 0.2) is 0 Å². The van der Waals surface area contributed by atoms with Gasteiger partial charge in [-0.2, -0.15) is 5.26 Å². The number of benzene rings is 1. The lowest BCUT2D eigenvalue weighted by Gasteiger charge is -2.07. The molecule has 92 valence electrons. The van der Waals surface area contributed by atoms with Crippen LogP contribution in [0.1, 0.15) is 21.8 Å². The van der Waals surface area contributed by atoms with E-state index in [4.69, 9.17) is 5.26 Å². The number of anilines is 1. The summed E-state index contributed by atoms with van der Waals surface area (Å²) < 4.78 is 0. The highest BCUT2D eigenvalue weighted by Crippen LogP contribution is 2.16. The molecule has 0 aliphatic heterocycles. The molecule has 4 heteroatoms. The summed E-state index contributed by atoms with van der Waals surface area (Å²) in [7, 11) is 0. The Labute approximate surface area is 111 Å². The van der Waals surface area contributed by atoms with Crippen molar-refractivity contribution >= 4 is 17.0 Å². The quantitative estimate of drug-likeness (QED) is 0.914. The van der Waals surface area contributed by atoms with E-state index in [1.54, 1.807) is 11.3 Å². The van der Waals surface area contributed by atoms with Crippen LogP contribution >= 0.6 is 11.3 Å². The normalized spacial score (nSPS) is 10.1. The van der Waals surface area contributed by atoms with E-state index in [1.807, 2.05) is 32.0 Å². The molecule has 1 heterocycles. The standard InChI is InChI=1S/C14H15N3S/c1-10-3-4-14(12(7-10)8-15)16-6-5-13-9-18-11(2)17-13/h3-4,7,9,16H,5-6H2,1-2H3. The SMILES string of the molecule is Cc1ccc(NCCc2csc(C)n2)c(C#N)c1. The smallest absolute Gasteiger partial charge is 0.101 e. The topological polar surface area (TPSA) is 48.7 Å². The highest BCUT2D eigenvalue weighted by Gasteiger charge is 2.02. The first kappa shape index (κ1) is 12.6. The fourth-order valence-electron chi connectivity index (χ4n) is 1.75. The summed E-state index contributed by atoms with van der Waals surface area (Å²) in [6.45, 7) is 4.79. The lowest BCUT2D eigenvalue weighted by Crippen LogP contribution is -2.06. The molecular formula is C14H15N3S. The third kappa shape index (κ3) is 3.08. The molecular weight excluding hydrogens is 242 g/mol. The first-order valence-electron chi connectivity index (χ1n) is 5.84. The molecule has 2 rings (SSSR count). The average molecular weight is 257 g/mol. The van der Waals surface area contributed by atoms with E-state index in [1.165, 1.54) is 0 Å². The highest BCUT2D eigenvalue weighted by atomic mass is 32.1. The minimum Gasteiger partial charge on any atom is -0.384 e. The van der Waals surface area contributed by atoms with Crippen LogP contribution in [-0.4, -0.2) is 11.5 Å². The highest BCUT2D eigenvalue weighted by molar-refractivity contribution is 7.09. The summed E-state index contributed by atoms with van der Waals surface area (Å²) in [6.07, 6.45) is 0.878. The Bertz CT molecular complexity index is 581. The van der Waals surface area contributed by atoms with Crippen molar-refractivity contribution in [2.45, 2.75) is 20.3 Å². The van der Waals surface area contributed by atoms with E-state index in [9.17, 15) is 0 Å². The van der Waals surface area contributed by atoms with E-state index < -0.39 is 0 Å². The monoisotopic (exact) mass is 257 g/mol. The molecule has 0 atom stereocenters. The minimum atomic E-state index is 0.699. The summed E-state index contributed by atoms with van der Waals surface area (Å²) in [5.74, 6) is 0. The Morgan fingerprint density at radius 2 is 2.22 bits per heavy atom. The van der Waals surface area contributed by atoms with Crippen LogP contribution in [0.4, 0.5) is 5.69 Å². The van der Waals surface area contributed by atoms with Crippen LogP contribution < -0.4 is 5.32 Å². The molecule has 18 heavy (non-hydrogen) atoms. The van der Waals surface area contributed by atoms with Crippen LogP contribution in [0.3, 0.4) is 0 Å². The number of hydrogen-bond donors (Lipinski definition) is 1. The molecule has 0 saturated carbocycles. The second-order valence-electron chi connectivity index (χ2n) is 4.20. The maximum atomic E-state index is 9.06. The van der Waals surface area contributed by atoms with Crippen molar-refractivity contribution in [1.82, 2.24) is 4.98 Å². The second kappa shape index (κ2) is 5.65. The van der Waals surface area contributed by atoms with E-state index in [-0.39, 0.29) is 0 Å². The second-order valence-corrected chi connectivity index (χ2v) is 5.26. The molecule has 0 saturated heterocycles. The zero-order valence-corrected chi connectivity index (χ0v) is 11.3. The predicted molar refractivity (Wildman–Crippen MR) is 74.9 cm³/mol. The van der Waals surface area contributed by atoms with E-state index >= 15 is 0 Å². The third-order valence-electron chi connectivity index (χ3n) is 2.66. The Hall–Kier alpha value is -1.86. The molecule has 0 amide bonds. The van der Waals surface area contributed by atoms with Crippen LogP contribution in [0.15, 0.2) is 23.6 Å². The fraction of sp³-hybridized carbons (Fsp3) is 0.286. The van der Waals surface area contributed by atoms with E-state index in [0.29, 0.717) is 5.56 Å². The lowest BCUT2D eigenvalue weighted by molar-refractivity contribution is 0.967. The summed E-state index contributed by atoms with van der Waals surface area (Å²) >= 11 is 1.67. The van der Waals surface area contributed by atoms with E-state index in [2.05, 4.69) is 21.8 Å². The van der Waals surface area contributed by atoms with Crippen molar-refractivity contribution in [1.29, 1.82) is 5.26 Å². The molecule has 0 bridgehead atoms. The first-order valence-corrected chi connectivity index (χ1v) is 6.72. The Kier molecular flexibility index (Phi) is 3.96. The van der Waals surface area contributed by atoms with Gasteiger partial charge >= 0.3 is 0 Å². The van der Waals surface area contributed by atoms with Crippen molar-refractivity contribution < 1.29 is 0 Å². The Balaban J connectivity index is 1.96. The van der Waals surface area contributed by atoms with Gasteiger partial charge in [-0.25, -0.2) is 4.98 Å². The van der Waals surface area contributed by atoms with Crippen molar-refractivity contribution in [3.63, 3.8) is 0 Å².